The maximum absolute atomic E-state index is 14.2. The zero-order chi connectivity index (χ0) is 23.3. The average Bonchev–Trinajstić information content (AvgIpc) is 2.84. The second-order valence-electron chi connectivity index (χ2n) is 7.10. The molecule has 0 atom stereocenters. The molecule has 11 heteroatoms. The molecule has 0 N–H and O–H groups in total. The van der Waals surface area contributed by atoms with Crippen molar-refractivity contribution >= 4 is 34.6 Å². The van der Waals surface area contributed by atoms with Crippen molar-refractivity contribution in [1.82, 2.24) is 0 Å². The molecule has 2 aromatic rings. The van der Waals surface area contributed by atoms with Gasteiger partial charge >= 0.3 is 6.18 Å². The predicted molar refractivity (Wildman–Crippen MR) is 106 cm³/mol. The largest absolute Gasteiger partial charge is 0.491 e. The van der Waals surface area contributed by atoms with Crippen molar-refractivity contribution in [1.29, 1.82) is 5.26 Å². The molecule has 1 heterocycles. The first-order valence-electron chi connectivity index (χ1n) is 8.67. The standard InChI is InChI=1S/C20H14F5N3O2S/c1-19(2)17(29)27(11-5-4-10(9-26)13(6-11)20(23,24)25)18(31)28(19)12-7-14(21)16(30-3)15(22)8-12/h4-8H,1-3H3. The lowest BCUT2D eigenvalue weighted by atomic mass is 10.0. The Morgan fingerprint density at radius 2 is 1.68 bits per heavy atom. The van der Waals surface area contributed by atoms with E-state index in [1.807, 2.05) is 0 Å². The first kappa shape index (κ1) is 22.4. The number of nitriles is 1. The molecule has 1 amide bonds. The summed E-state index contributed by atoms with van der Waals surface area (Å²) < 4.78 is 73.2. The SMILES string of the molecule is COc1c(F)cc(N2C(=S)N(c3ccc(C#N)c(C(F)(F)F)c3)C(=O)C2(C)C)cc1F. The molecule has 0 radical (unpaired) electrons. The summed E-state index contributed by atoms with van der Waals surface area (Å²) in [6, 6.07) is 5.98. The number of carbonyl (C=O) groups excluding carboxylic acids is 1. The van der Waals surface area contributed by atoms with Crippen LogP contribution < -0.4 is 14.5 Å². The summed E-state index contributed by atoms with van der Waals surface area (Å²) in [5.41, 5.74) is -3.68. The minimum absolute atomic E-state index is 0.119. The molecule has 2 aromatic carbocycles. The molecule has 3 rings (SSSR count). The second-order valence-corrected chi connectivity index (χ2v) is 7.46. The van der Waals surface area contributed by atoms with Gasteiger partial charge in [-0.3, -0.25) is 9.69 Å². The van der Waals surface area contributed by atoms with E-state index in [0.29, 0.717) is 6.07 Å². The third-order valence-electron chi connectivity index (χ3n) is 4.80. The van der Waals surface area contributed by atoms with Gasteiger partial charge in [0.2, 0.25) is 0 Å². The van der Waals surface area contributed by atoms with Crippen molar-refractivity contribution in [3.05, 3.63) is 53.1 Å². The molecule has 162 valence electrons. The summed E-state index contributed by atoms with van der Waals surface area (Å²) in [5.74, 6) is -3.43. The van der Waals surface area contributed by atoms with Gasteiger partial charge in [-0.15, -0.1) is 0 Å². The number of ether oxygens (including phenoxy) is 1. The molecule has 5 nitrogen and oxygen atoms in total. The van der Waals surface area contributed by atoms with Crippen LogP contribution >= 0.6 is 12.2 Å². The van der Waals surface area contributed by atoms with Gasteiger partial charge in [-0.1, -0.05) is 0 Å². The van der Waals surface area contributed by atoms with E-state index in [-0.39, 0.29) is 16.5 Å². The fourth-order valence-electron chi connectivity index (χ4n) is 3.33. The average molecular weight is 455 g/mol. The lowest BCUT2D eigenvalue weighted by Gasteiger charge is -2.29. The molecule has 0 aliphatic carbocycles. The van der Waals surface area contributed by atoms with E-state index >= 15 is 0 Å². The number of amides is 1. The van der Waals surface area contributed by atoms with Crippen molar-refractivity contribution in [2.24, 2.45) is 0 Å². The fourth-order valence-corrected chi connectivity index (χ4v) is 3.85. The number of anilines is 2. The number of rotatable bonds is 3. The molecule has 1 fully saturated rings. The molecule has 0 spiro atoms. The highest BCUT2D eigenvalue weighted by atomic mass is 32.1. The van der Waals surface area contributed by atoms with Gasteiger partial charge in [-0.25, -0.2) is 8.78 Å². The van der Waals surface area contributed by atoms with Gasteiger partial charge in [0.25, 0.3) is 5.91 Å². The molecule has 0 unspecified atom stereocenters. The van der Waals surface area contributed by atoms with E-state index in [1.54, 1.807) is 0 Å². The number of carbonyl (C=O) groups is 1. The third-order valence-corrected chi connectivity index (χ3v) is 5.17. The highest BCUT2D eigenvalue weighted by molar-refractivity contribution is 7.81. The second kappa shape index (κ2) is 7.46. The van der Waals surface area contributed by atoms with Crippen LogP contribution in [0.1, 0.15) is 25.0 Å². The maximum atomic E-state index is 14.2. The Balaban J connectivity index is 2.14. The minimum Gasteiger partial charge on any atom is -0.491 e. The number of hydrogen-bond donors (Lipinski definition) is 0. The van der Waals surface area contributed by atoms with Crippen LogP contribution in [0.5, 0.6) is 5.75 Å². The monoisotopic (exact) mass is 455 g/mol. The van der Waals surface area contributed by atoms with Gasteiger partial charge in [0.15, 0.2) is 22.5 Å². The van der Waals surface area contributed by atoms with Gasteiger partial charge in [0, 0.05) is 12.1 Å². The smallest absolute Gasteiger partial charge is 0.417 e. The maximum Gasteiger partial charge on any atom is 0.417 e. The Bertz CT molecular complexity index is 1120. The number of hydrogen-bond acceptors (Lipinski definition) is 4. The first-order chi connectivity index (χ1) is 14.3. The number of benzene rings is 2. The number of methoxy groups -OCH3 is 1. The molecule has 1 aliphatic rings. The highest BCUT2D eigenvalue weighted by Gasteiger charge is 2.51. The Morgan fingerprint density at radius 1 is 1.10 bits per heavy atom. The van der Waals surface area contributed by atoms with Crippen LogP contribution in [-0.4, -0.2) is 23.7 Å². The van der Waals surface area contributed by atoms with Crippen LogP contribution in [0.15, 0.2) is 30.3 Å². The molecule has 1 saturated heterocycles. The zero-order valence-electron chi connectivity index (χ0n) is 16.3. The summed E-state index contributed by atoms with van der Waals surface area (Å²) in [6.07, 6.45) is -4.84. The van der Waals surface area contributed by atoms with Crippen molar-refractivity contribution in [2.75, 3.05) is 16.9 Å². The zero-order valence-corrected chi connectivity index (χ0v) is 17.2. The van der Waals surface area contributed by atoms with Gasteiger partial charge in [-0.2, -0.15) is 18.4 Å². The fraction of sp³-hybridized carbons (Fsp3) is 0.250. The Kier molecular flexibility index (Phi) is 5.40. The Labute approximate surface area is 179 Å². The lowest BCUT2D eigenvalue weighted by molar-refractivity contribution is -0.137. The summed E-state index contributed by atoms with van der Waals surface area (Å²) in [5, 5.41) is 8.68. The Hall–Kier alpha value is -3.26. The predicted octanol–water partition coefficient (Wildman–Crippen LogP) is 4.78. The van der Waals surface area contributed by atoms with Crippen molar-refractivity contribution in [3.63, 3.8) is 0 Å². The van der Waals surface area contributed by atoms with E-state index in [1.165, 1.54) is 19.9 Å². The molecule has 0 saturated carbocycles. The number of nitrogens with zero attached hydrogens (tertiary/aromatic N) is 3. The van der Waals surface area contributed by atoms with Crippen LogP contribution in [-0.2, 0) is 11.0 Å². The van der Waals surface area contributed by atoms with E-state index in [0.717, 1.165) is 41.2 Å². The van der Waals surface area contributed by atoms with Gasteiger partial charge < -0.3 is 9.64 Å². The number of thiocarbonyl (C=S) groups is 1. The van der Waals surface area contributed by atoms with Gasteiger partial charge in [0.1, 0.15) is 5.54 Å². The first-order valence-corrected chi connectivity index (χ1v) is 9.08. The molecule has 1 aliphatic heterocycles. The van der Waals surface area contributed by atoms with Crippen molar-refractivity contribution in [2.45, 2.75) is 25.6 Å². The quantitative estimate of drug-likeness (QED) is 0.493. The number of halogens is 5. The van der Waals surface area contributed by atoms with Gasteiger partial charge in [0.05, 0.1) is 35.7 Å². The van der Waals surface area contributed by atoms with Crippen molar-refractivity contribution < 1.29 is 31.5 Å². The van der Waals surface area contributed by atoms with Crippen LogP contribution in [0, 0.1) is 23.0 Å². The molecule has 0 bridgehead atoms. The third kappa shape index (κ3) is 3.57. The molecule has 0 aromatic heterocycles. The molecular formula is C20H14F5N3O2S. The van der Waals surface area contributed by atoms with E-state index in [4.69, 9.17) is 17.5 Å². The molecule has 31 heavy (non-hydrogen) atoms. The summed E-state index contributed by atoms with van der Waals surface area (Å²) in [7, 11) is 1.08. The summed E-state index contributed by atoms with van der Waals surface area (Å²) in [4.78, 5) is 15.0. The summed E-state index contributed by atoms with van der Waals surface area (Å²) >= 11 is 5.31. The molecular weight excluding hydrogens is 441 g/mol. The van der Waals surface area contributed by atoms with E-state index in [9.17, 15) is 26.7 Å². The highest BCUT2D eigenvalue weighted by Crippen LogP contribution is 2.40. The van der Waals surface area contributed by atoms with Crippen LogP contribution in [0.4, 0.5) is 33.3 Å². The van der Waals surface area contributed by atoms with Gasteiger partial charge in [-0.05, 0) is 44.3 Å². The van der Waals surface area contributed by atoms with Crippen molar-refractivity contribution in [3.8, 4) is 11.8 Å². The van der Waals surface area contributed by atoms with E-state index < -0.39 is 46.1 Å². The normalized spacial score (nSPS) is 16.0. The minimum atomic E-state index is -4.84. The Morgan fingerprint density at radius 3 is 2.16 bits per heavy atom. The number of alkyl halides is 3. The van der Waals surface area contributed by atoms with Crippen LogP contribution in [0.3, 0.4) is 0 Å². The lowest BCUT2D eigenvalue weighted by Crippen LogP contribution is -2.44. The van der Waals surface area contributed by atoms with E-state index in [2.05, 4.69) is 4.74 Å². The summed E-state index contributed by atoms with van der Waals surface area (Å²) in [6.45, 7) is 2.83. The van der Waals surface area contributed by atoms with Crippen LogP contribution in [0.25, 0.3) is 0 Å². The topological polar surface area (TPSA) is 56.6 Å². The van der Waals surface area contributed by atoms with Crippen LogP contribution in [0.2, 0.25) is 0 Å².